The molecule has 1 aromatic rings. The Labute approximate surface area is 124 Å². The van der Waals surface area contributed by atoms with E-state index in [0.717, 1.165) is 0 Å². The SMILES string of the molecule is CN(C)CCN(CC(=O)O)c1nccn(C(C)(C)C)c1=O. The van der Waals surface area contributed by atoms with Crippen LogP contribution < -0.4 is 10.5 Å². The van der Waals surface area contributed by atoms with Crippen LogP contribution in [-0.4, -0.2) is 59.3 Å². The minimum atomic E-state index is -0.985. The Bertz CT molecular complexity index is 546. The second-order valence-corrected chi connectivity index (χ2v) is 6.22. The highest BCUT2D eigenvalue weighted by Gasteiger charge is 2.21. The molecule has 0 amide bonds. The van der Waals surface area contributed by atoms with Gasteiger partial charge >= 0.3 is 5.97 Å². The maximum atomic E-state index is 12.5. The molecule has 0 fully saturated rings. The number of carbonyl (C=O) groups is 1. The zero-order valence-electron chi connectivity index (χ0n) is 13.3. The predicted octanol–water partition coefficient (Wildman–Crippen LogP) is 0.451. The van der Waals surface area contributed by atoms with Crippen molar-refractivity contribution < 1.29 is 9.90 Å². The zero-order valence-corrected chi connectivity index (χ0v) is 13.3. The molecule has 0 aliphatic carbocycles. The van der Waals surface area contributed by atoms with Crippen LogP contribution in [0, 0.1) is 0 Å². The fourth-order valence-electron chi connectivity index (χ4n) is 1.89. The average Bonchev–Trinajstić information content (AvgIpc) is 2.33. The number of hydrogen-bond acceptors (Lipinski definition) is 5. The van der Waals surface area contributed by atoms with Crippen LogP contribution in [0.1, 0.15) is 20.8 Å². The van der Waals surface area contributed by atoms with Crippen LogP contribution in [0.25, 0.3) is 0 Å². The minimum absolute atomic E-state index is 0.177. The first kappa shape index (κ1) is 17.2. The molecule has 0 atom stereocenters. The number of likely N-dealkylation sites (N-methyl/N-ethyl adjacent to an activating group) is 1. The number of nitrogens with zero attached hydrogens (tertiary/aromatic N) is 4. The van der Waals surface area contributed by atoms with E-state index in [1.807, 2.05) is 39.8 Å². The van der Waals surface area contributed by atoms with E-state index in [-0.39, 0.29) is 23.5 Å². The first-order valence-corrected chi connectivity index (χ1v) is 6.82. The van der Waals surface area contributed by atoms with Gasteiger partial charge in [-0.15, -0.1) is 0 Å². The Morgan fingerprint density at radius 1 is 1.33 bits per heavy atom. The van der Waals surface area contributed by atoms with Gasteiger partial charge in [0.05, 0.1) is 0 Å². The second kappa shape index (κ2) is 6.71. The number of aromatic nitrogens is 2. The fraction of sp³-hybridized carbons (Fsp3) is 0.643. The Morgan fingerprint density at radius 3 is 2.43 bits per heavy atom. The van der Waals surface area contributed by atoms with Crippen molar-refractivity contribution in [3.05, 3.63) is 22.7 Å². The molecule has 0 aliphatic rings. The normalized spacial score (nSPS) is 11.7. The smallest absolute Gasteiger partial charge is 0.323 e. The Kier molecular flexibility index (Phi) is 5.48. The van der Waals surface area contributed by atoms with Crippen LogP contribution >= 0.6 is 0 Å². The zero-order chi connectivity index (χ0) is 16.2. The lowest BCUT2D eigenvalue weighted by atomic mass is 10.1. The summed E-state index contributed by atoms with van der Waals surface area (Å²) < 4.78 is 1.57. The highest BCUT2D eigenvalue weighted by Crippen LogP contribution is 2.12. The summed E-state index contributed by atoms with van der Waals surface area (Å²) in [6, 6.07) is 0. The number of rotatable bonds is 6. The Balaban J connectivity index is 3.18. The third kappa shape index (κ3) is 4.86. The molecule has 0 unspecified atom stereocenters. The van der Waals surface area contributed by atoms with Crippen LogP contribution in [0.15, 0.2) is 17.2 Å². The van der Waals surface area contributed by atoms with E-state index in [0.29, 0.717) is 13.1 Å². The van der Waals surface area contributed by atoms with Crippen molar-refractivity contribution >= 4 is 11.8 Å². The quantitative estimate of drug-likeness (QED) is 0.821. The molecule has 1 N–H and O–H groups in total. The summed E-state index contributed by atoms with van der Waals surface area (Å²) >= 11 is 0. The molecule has 0 bridgehead atoms. The Morgan fingerprint density at radius 2 is 1.95 bits per heavy atom. The molecular formula is C14H24N4O3. The number of hydrogen-bond donors (Lipinski definition) is 1. The standard InChI is InChI=1S/C14H24N4O3/c1-14(2,3)18-7-6-15-12(13(18)21)17(10-11(19)20)9-8-16(4)5/h6-7H,8-10H2,1-5H3,(H,19,20). The van der Waals surface area contributed by atoms with Crippen molar-refractivity contribution in [1.82, 2.24) is 14.5 Å². The van der Waals surface area contributed by atoms with Crippen LogP contribution in [0.4, 0.5) is 5.82 Å². The van der Waals surface area contributed by atoms with Gasteiger partial charge < -0.3 is 19.5 Å². The summed E-state index contributed by atoms with van der Waals surface area (Å²) in [7, 11) is 3.79. The van der Waals surface area contributed by atoms with Crippen LogP contribution in [0.2, 0.25) is 0 Å². The van der Waals surface area contributed by atoms with Gasteiger partial charge in [-0.05, 0) is 34.9 Å². The van der Waals surface area contributed by atoms with Crippen LogP contribution in [0.3, 0.4) is 0 Å². The molecule has 0 aliphatic heterocycles. The van der Waals surface area contributed by atoms with Gasteiger partial charge in [-0.3, -0.25) is 9.59 Å². The van der Waals surface area contributed by atoms with Crippen molar-refractivity contribution in [2.45, 2.75) is 26.3 Å². The van der Waals surface area contributed by atoms with E-state index in [1.165, 1.54) is 11.1 Å². The number of carboxylic acid groups (broad SMARTS) is 1. The van der Waals surface area contributed by atoms with Crippen molar-refractivity contribution in [2.24, 2.45) is 0 Å². The van der Waals surface area contributed by atoms with Crippen molar-refractivity contribution in [2.75, 3.05) is 38.6 Å². The predicted molar refractivity (Wildman–Crippen MR) is 81.9 cm³/mol. The molecule has 0 saturated heterocycles. The van der Waals surface area contributed by atoms with Gasteiger partial charge in [-0.2, -0.15) is 0 Å². The third-order valence-corrected chi connectivity index (χ3v) is 2.99. The van der Waals surface area contributed by atoms with E-state index in [4.69, 9.17) is 5.11 Å². The summed E-state index contributed by atoms with van der Waals surface area (Å²) in [6.45, 7) is 6.57. The first-order valence-electron chi connectivity index (χ1n) is 6.82. The number of aliphatic carboxylic acids is 1. The summed E-state index contributed by atoms with van der Waals surface area (Å²) in [6.07, 6.45) is 3.16. The first-order chi connectivity index (χ1) is 9.62. The van der Waals surface area contributed by atoms with Gasteiger partial charge in [0.25, 0.3) is 5.56 Å². The highest BCUT2D eigenvalue weighted by atomic mass is 16.4. The molecule has 0 aromatic carbocycles. The number of anilines is 1. The fourth-order valence-corrected chi connectivity index (χ4v) is 1.89. The van der Waals surface area contributed by atoms with E-state index in [1.54, 1.807) is 10.8 Å². The summed E-state index contributed by atoms with van der Waals surface area (Å²) in [5.74, 6) is -0.808. The molecular weight excluding hydrogens is 272 g/mol. The second-order valence-electron chi connectivity index (χ2n) is 6.22. The molecule has 0 radical (unpaired) electrons. The van der Waals surface area contributed by atoms with Gasteiger partial charge in [0.1, 0.15) is 6.54 Å². The van der Waals surface area contributed by atoms with Crippen LogP contribution in [-0.2, 0) is 10.3 Å². The molecule has 0 saturated carbocycles. The van der Waals surface area contributed by atoms with Crippen molar-refractivity contribution in [1.29, 1.82) is 0 Å². The van der Waals surface area contributed by atoms with Gasteiger partial charge in [0.15, 0.2) is 5.82 Å². The molecule has 1 aromatic heterocycles. The van der Waals surface area contributed by atoms with Gasteiger partial charge in [0, 0.05) is 31.0 Å². The van der Waals surface area contributed by atoms with E-state index in [2.05, 4.69) is 4.98 Å². The van der Waals surface area contributed by atoms with Gasteiger partial charge in [-0.25, -0.2) is 4.98 Å². The molecule has 0 spiro atoms. The largest absolute Gasteiger partial charge is 0.480 e. The maximum Gasteiger partial charge on any atom is 0.323 e. The maximum absolute atomic E-state index is 12.5. The summed E-state index contributed by atoms with van der Waals surface area (Å²) in [5, 5.41) is 9.04. The molecule has 1 heterocycles. The topological polar surface area (TPSA) is 78.7 Å². The molecule has 7 heteroatoms. The average molecular weight is 296 g/mol. The third-order valence-electron chi connectivity index (χ3n) is 2.99. The van der Waals surface area contributed by atoms with Crippen molar-refractivity contribution in [3.8, 4) is 0 Å². The molecule has 21 heavy (non-hydrogen) atoms. The molecule has 1 rings (SSSR count). The lowest BCUT2D eigenvalue weighted by molar-refractivity contribution is -0.135. The number of carboxylic acids is 1. The molecule has 118 valence electrons. The highest BCUT2D eigenvalue weighted by molar-refractivity contribution is 5.73. The van der Waals surface area contributed by atoms with E-state index < -0.39 is 5.97 Å². The van der Waals surface area contributed by atoms with E-state index in [9.17, 15) is 9.59 Å². The monoisotopic (exact) mass is 296 g/mol. The Hall–Kier alpha value is -1.89. The minimum Gasteiger partial charge on any atom is -0.480 e. The van der Waals surface area contributed by atoms with E-state index >= 15 is 0 Å². The van der Waals surface area contributed by atoms with Crippen molar-refractivity contribution in [3.63, 3.8) is 0 Å². The summed E-state index contributed by atoms with van der Waals surface area (Å²) in [5.41, 5.74) is -0.657. The van der Waals surface area contributed by atoms with Gasteiger partial charge in [-0.1, -0.05) is 0 Å². The lowest BCUT2D eigenvalue weighted by Gasteiger charge is -2.26. The lowest BCUT2D eigenvalue weighted by Crippen LogP contribution is -2.42. The van der Waals surface area contributed by atoms with Crippen LogP contribution in [0.5, 0.6) is 0 Å². The molecule has 7 nitrogen and oxygen atoms in total. The van der Waals surface area contributed by atoms with Gasteiger partial charge in [0.2, 0.25) is 0 Å². The summed E-state index contributed by atoms with van der Waals surface area (Å²) in [4.78, 5) is 31.1.